The molecule has 2 N–H and O–H groups in total. The van der Waals surface area contributed by atoms with E-state index in [0.717, 1.165) is 19.4 Å². The van der Waals surface area contributed by atoms with E-state index in [1.54, 1.807) is 11.6 Å². The molecule has 0 aliphatic heterocycles. The maximum Gasteiger partial charge on any atom is 0.244 e. The number of hydrogen-bond acceptors (Lipinski definition) is 4. The molecule has 0 saturated heterocycles. The van der Waals surface area contributed by atoms with Crippen molar-refractivity contribution < 1.29 is 8.42 Å². The van der Waals surface area contributed by atoms with Crippen LogP contribution in [0.2, 0.25) is 0 Å². The van der Waals surface area contributed by atoms with Crippen LogP contribution in [0.1, 0.15) is 45.0 Å². The zero-order valence-electron chi connectivity index (χ0n) is 13.7. The molecule has 0 fully saturated rings. The van der Waals surface area contributed by atoms with Gasteiger partial charge in [0.25, 0.3) is 0 Å². The Hall–Kier alpha value is -0.920. The minimum atomic E-state index is -3.47. The Morgan fingerprint density at radius 3 is 2.48 bits per heavy atom. The van der Waals surface area contributed by atoms with Gasteiger partial charge in [-0.05, 0) is 20.3 Å². The highest BCUT2D eigenvalue weighted by atomic mass is 32.2. The molecule has 122 valence electrons. The van der Waals surface area contributed by atoms with E-state index in [2.05, 4.69) is 29.0 Å². The van der Waals surface area contributed by atoms with Gasteiger partial charge in [-0.15, -0.1) is 0 Å². The summed E-state index contributed by atoms with van der Waals surface area (Å²) in [7, 11) is -3.47. The molecular weight excluding hydrogens is 288 g/mol. The molecule has 7 heteroatoms. The number of sulfonamides is 1. The first-order valence-corrected chi connectivity index (χ1v) is 9.05. The summed E-state index contributed by atoms with van der Waals surface area (Å²) in [5.41, 5.74) is 1.25. The van der Waals surface area contributed by atoms with Gasteiger partial charge < -0.3 is 5.32 Å². The average molecular weight is 316 g/mol. The van der Waals surface area contributed by atoms with E-state index in [9.17, 15) is 8.42 Å². The summed E-state index contributed by atoms with van der Waals surface area (Å²) in [5.74, 6) is 0. The third kappa shape index (κ3) is 5.09. The van der Waals surface area contributed by atoms with Gasteiger partial charge in [0.15, 0.2) is 0 Å². The van der Waals surface area contributed by atoms with Crippen LogP contribution in [0.15, 0.2) is 4.90 Å². The largest absolute Gasteiger partial charge is 0.313 e. The van der Waals surface area contributed by atoms with Crippen LogP contribution >= 0.6 is 0 Å². The molecule has 0 unspecified atom stereocenters. The van der Waals surface area contributed by atoms with Gasteiger partial charge in [0.05, 0.1) is 17.9 Å². The molecule has 1 heterocycles. The summed E-state index contributed by atoms with van der Waals surface area (Å²) in [4.78, 5) is 0.322. The molecule has 0 atom stereocenters. The van der Waals surface area contributed by atoms with Crippen LogP contribution in [-0.4, -0.2) is 37.3 Å². The Morgan fingerprint density at radius 2 is 1.90 bits per heavy atom. The maximum atomic E-state index is 12.4. The quantitative estimate of drug-likeness (QED) is 0.678. The Bertz CT molecular complexity index is 550. The Kier molecular flexibility index (Phi) is 6.83. The number of hydrogen-bond donors (Lipinski definition) is 2. The predicted octanol–water partition coefficient (Wildman–Crippen LogP) is 1.58. The van der Waals surface area contributed by atoms with Crippen molar-refractivity contribution in [1.82, 2.24) is 19.8 Å². The van der Waals surface area contributed by atoms with Crippen LogP contribution in [0.5, 0.6) is 0 Å². The molecule has 0 radical (unpaired) electrons. The molecule has 1 aromatic heterocycles. The molecule has 0 aromatic carbocycles. The fourth-order valence-electron chi connectivity index (χ4n) is 2.20. The van der Waals surface area contributed by atoms with E-state index in [4.69, 9.17) is 0 Å². The topological polar surface area (TPSA) is 76.0 Å². The molecule has 1 aromatic rings. The lowest BCUT2D eigenvalue weighted by Gasteiger charge is -2.10. The van der Waals surface area contributed by atoms with Crippen molar-refractivity contribution in [3.63, 3.8) is 0 Å². The van der Waals surface area contributed by atoms with E-state index in [1.807, 2.05) is 13.8 Å². The van der Waals surface area contributed by atoms with Crippen molar-refractivity contribution in [2.45, 2.75) is 64.9 Å². The summed E-state index contributed by atoms with van der Waals surface area (Å²) in [6.45, 7) is 11.6. The smallest absolute Gasteiger partial charge is 0.244 e. The van der Waals surface area contributed by atoms with Gasteiger partial charge in [-0.1, -0.05) is 27.2 Å². The standard InChI is InChI=1S/C14H28N4O2S/c1-6-7-8-16-21(19,20)14-12(4)17-18(13(14)5)10-9-15-11(2)3/h11,15-16H,6-10H2,1-5H3. The van der Waals surface area contributed by atoms with Gasteiger partial charge in [-0.3, -0.25) is 4.68 Å². The minimum Gasteiger partial charge on any atom is -0.313 e. The number of nitrogens with zero attached hydrogens (tertiary/aromatic N) is 2. The number of aryl methyl sites for hydroxylation is 1. The Labute approximate surface area is 128 Å². The van der Waals surface area contributed by atoms with Crippen LogP contribution < -0.4 is 10.0 Å². The normalized spacial score (nSPS) is 12.3. The fraction of sp³-hybridized carbons (Fsp3) is 0.786. The monoisotopic (exact) mass is 316 g/mol. The summed E-state index contributed by atoms with van der Waals surface area (Å²) in [6, 6.07) is 0.404. The first-order chi connectivity index (χ1) is 9.79. The summed E-state index contributed by atoms with van der Waals surface area (Å²) < 4.78 is 29.1. The first-order valence-electron chi connectivity index (χ1n) is 7.56. The van der Waals surface area contributed by atoms with E-state index in [0.29, 0.717) is 35.4 Å². The Balaban J connectivity index is 2.86. The lowest BCUT2D eigenvalue weighted by atomic mass is 10.3. The van der Waals surface area contributed by atoms with Gasteiger partial charge in [-0.25, -0.2) is 13.1 Å². The van der Waals surface area contributed by atoms with Crippen LogP contribution in [-0.2, 0) is 16.6 Å². The number of unbranched alkanes of at least 4 members (excludes halogenated alkanes) is 1. The highest BCUT2D eigenvalue weighted by Crippen LogP contribution is 2.19. The van der Waals surface area contributed by atoms with Crippen molar-refractivity contribution in [2.75, 3.05) is 13.1 Å². The zero-order chi connectivity index (χ0) is 16.0. The molecule has 0 aliphatic rings. The van der Waals surface area contributed by atoms with Gasteiger partial charge in [0.2, 0.25) is 10.0 Å². The number of rotatable bonds is 9. The molecule has 0 aliphatic carbocycles. The molecule has 1 rings (SSSR count). The van der Waals surface area contributed by atoms with Crippen molar-refractivity contribution in [3.8, 4) is 0 Å². The third-order valence-corrected chi connectivity index (χ3v) is 4.99. The average Bonchev–Trinajstić information content (AvgIpc) is 2.64. The SMILES string of the molecule is CCCCNS(=O)(=O)c1c(C)nn(CCNC(C)C)c1C. The van der Waals surface area contributed by atoms with Crippen molar-refractivity contribution in [3.05, 3.63) is 11.4 Å². The predicted molar refractivity (Wildman–Crippen MR) is 84.9 cm³/mol. The highest BCUT2D eigenvalue weighted by Gasteiger charge is 2.23. The molecule has 0 spiro atoms. The van der Waals surface area contributed by atoms with Crippen LogP contribution in [0, 0.1) is 13.8 Å². The first kappa shape index (κ1) is 18.1. The number of aromatic nitrogens is 2. The summed E-state index contributed by atoms with van der Waals surface area (Å²) in [6.07, 6.45) is 1.80. The van der Waals surface area contributed by atoms with Gasteiger partial charge in [0.1, 0.15) is 4.90 Å². The second kappa shape index (κ2) is 7.91. The summed E-state index contributed by atoms with van der Waals surface area (Å²) >= 11 is 0. The van der Waals surface area contributed by atoms with E-state index in [1.165, 1.54) is 0 Å². The minimum absolute atomic E-state index is 0.322. The second-order valence-corrected chi connectivity index (χ2v) is 7.29. The van der Waals surface area contributed by atoms with Crippen molar-refractivity contribution in [1.29, 1.82) is 0 Å². The van der Waals surface area contributed by atoms with E-state index < -0.39 is 10.0 Å². The second-order valence-electron chi connectivity index (χ2n) is 5.58. The molecule has 6 nitrogen and oxygen atoms in total. The van der Waals surface area contributed by atoms with Crippen LogP contribution in [0.25, 0.3) is 0 Å². The third-order valence-electron chi connectivity index (χ3n) is 3.28. The fourth-order valence-corrected chi connectivity index (χ4v) is 3.68. The van der Waals surface area contributed by atoms with E-state index >= 15 is 0 Å². The zero-order valence-corrected chi connectivity index (χ0v) is 14.5. The van der Waals surface area contributed by atoms with Gasteiger partial charge in [0, 0.05) is 19.1 Å². The molecule has 0 saturated carbocycles. The molecule has 0 amide bonds. The maximum absolute atomic E-state index is 12.4. The van der Waals surface area contributed by atoms with Crippen LogP contribution in [0.3, 0.4) is 0 Å². The van der Waals surface area contributed by atoms with Gasteiger partial charge in [-0.2, -0.15) is 5.10 Å². The number of nitrogens with one attached hydrogen (secondary N) is 2. The van der Waals surface area contributed by atoms with Crippen molar-refractivity contribution >= 4 is 10.0 Å². The lowest BCUT2D eigenvalue weighted by Crippen LogP contribution is -2.28. The highest BCUT2D eigenvalue weighted by molar-refractivity contribution is 7.89. The molecular formula is C14H28N4O2S. The van der Waals surface area contributed by atoms with E-state index in [-0.39, 0.29) is 0 Å². The van der Waals surface area contributed by atoms with Crippen molar-refractivity contribution in [2.24, 2.45) is 0 Å². The lowest BCUT2D eigenvalue weighted by molar-refractivity contribution is 0.506. The summed E-state index contributed by atoms with van der Waals surface area (Å²) in [5, 5.41) is 7.66. The molecule has 0 bridgehead atoms. The molecule has 21 heavy (non-hydrogen) atoms. The van der Waals surface area contributed by atoms with Gasteiger partial charge >= 0.3 is 0 Å². The van der Waals surface area contributed by atoms with Crippen LogP contribution in [0.4, 0.5) is 0 Å². The Morgan fingerprint density at radius 1 is 1.24 bits per heavy atom.